The maximum absolute atomic E-state index is 12.5. The Morgan fingerprint density at radius 3 is 2.62 bits per heavy atom. The first-order valence-corrected chi connectivity index (χ1v) is 8.54. The van der Waals surface area contributed by atoms with E-state index < -0.39 is 4.92 Å². The second-order valence-electron chi connectivity index (χ2n) is 5.80. The quantitative estimate of drug-likeness (QED) is 0.299. The number of carbonyl (C=O) groups excluding carboxylic acids is 1. The fourth-order valence-corrected chi connectivity index (χ4v) is 2.94. The highest BCUT2D eigenvalue weighted by Gasteiger charge is 2.21. The van der Waals surface area contributed by atoms with Gasteiger partial charge in [0.1, 0.15) is 18.4 Å². The molecule has 8 heteroatoms. The highest BCUT2D eigenvalue weighted by Crippen LogP contribution is 2.24. The predicted molar refractivity (Wildman–Crippen MR) is 101 cm³/mol. The van der Waals surface area contributed by atoms with Crippen LogP contribution in [0, 0.1) is 10.1 Å². The molecule has 2 N–H and O–H groups in total. The monoisotopic (exact) mass is 415 g/mol. The molecule has 0 aliphatic carbocycles. The maximum atomic E-state index is 12.5. The van der Waals surface area contributed by atoms with Crippen LogP contribution in [0.5, 0.6) is 0 Å². The topological polar surface area (TPSA) is 95.0 Å². The SMILES string of the molecule is Cn1c(-c2cccc([N+](=O)[O-])c2)c[n+](CC(=O)c2ccc(Br)cc2)c1N. The second-order valence-corrected chi connectivity index (χ2v) is 6.71. The molecule has 0 bridgehead atoms. The lowest BCUT2D eigenvalue weighted by molar-refractivity contribution is -0.667. The summed E-state index contributed by atoms with van der Waals surface area (Å²) in [5.74, 6) is 0.308. The Labute approximate surface area is 158 Å². The summed E-state index contributed by atoms with van der Waals surface area (Å²) in [6.45, 7) is 0.0796. The molecule has 0 spiro atoms. The minimum atomic E-state index is -0.444. The summed E-state index contributed by atoms with van der Waals surface area (Å²) in [6, 6.07) is 13.4. The summed E-state index contributed by atoms with van der Waals surface area (Å²) in [5.41, 5.74) is 8.05. The Bertz CT molecular complexity index is 996. The first-order chi connectivity index (χ1) is 12.4. The summed E-state index contributed by atoms with van der Waals surface area (Å²) < 4.78 is 4.24. The van der Waals surface area contributed by atoms with E-state index >= 15 is 0 Å². The average Bonchev–Trinajstić information content (AvgIpc) is 2.91. The summed E-state index contributed by atoms with van der Waals surface area (Å²) in [5, 5.41) is 11.0. The molecule has 2 aromatic carbocycles. The number of hydrogen-bond donors (Lipinski definition) is 1. The smallest absolute Gasteiger partial charge is 0.291 e. The van der Waals surface area contributed by atoms with Crippen molar-refractivity contribution in [1.29, 1.82) is 0 Å². The van der Waals surface area contributed by atoms with Gasteiger partial charge in [-0.05, 0) is 12.1 Å². The Balaban J connectivity index is 1.92. The highest BCUT2D eigenvalue weighted by atomic mass is 79.9. The number of nitro groups is 1. The van der Waals surface area contributed by atoms with Gasteiger partial charge in [-0.15, -0.1) is 0 Å². The zero-order valence-corrected chi connectivity index (χ0v) is 15.5. The van der Waals surface area contributed by atoms with Gasteiger partial charge in [-0.1, -0.05) is 40.2 Å². The molecule has 26 heavy (non-hydrogen) atoms. The zero-order chi connectivity index (χ0) is 18.8. The van der Waals surface area contributed by atoms with Gasteiger partial charge in [-0.2, -0.15) is 0 Å². The Morgan fingerprint density at radius 1 is 1.27 bits per heavy atom. The second kappa shape index (κ2) is 7.09. The number of ketones is 1. The molecule has 0 unspecified atom stereocenters. The van der Waals surface area contributed by atoms with Gasteiger partial charge in [0.2, 0.25) is 0 Å². The van der Waals surface area contributed by atoms with Crippen LogP contribution in [0.4, 0.5) is 11.6 Å². The van der Waals surface area contributed by atoms with E-state index in [9.17, 15) is 14.9 Å². The van der Waals surface area contributed by atoms with Gasteiger partial charge < -0.3 is 0 Å². The lowest BCUT2D eigenvalue weighted by Crippen LogP contribution is -2.39. The van der Waals surface area contributed by atoms with Gasteiger partial charge in [0.05, 0.1) is 12.0 Å². The number of halogens is 1. The normalized spacial score (nSPS) is 10.7. The van der Waals surface area contributed by atoms with E-state index in [1.807, 2.05) is 0 Å². The first-order valence-electron chi connectivity index (χ1n) is 7.75. The third-order valence-corrected chi connectivity index (χ3v) is 4.64. The molecule has 1 heterocycles. The highest BCUT2D eigenvalue weighted by molar-refractivity contribution is 9.10. The molecular weight excluding hydrogens is 400 g/mol. The summed E-state index contributed by atoms with van der Waals surface area (Å²) >= 11 is 3.34. The molecule has 0 aliphatic heterocycles. The number of hydrogen-bond acceptors (Lipinski definition) is 4. The Hall–Kier alpha value is -3.00. The van der Waals surface area contributed by atoms with Crippen molar-refractivity contribution in [3.63, 3.8) is 0 Å². The predicted octanol–water partition coefficient (Wildman–Crippen LogP) is 3.12. The van der Waals surface area contributed by atoms with Gasteiger partial charge in [0.15, 0.2) is 5.78 Å². The Kier molecular flexibility index (Phi) is 4.85. The molecule has 0 amide bonds. The van der Waals surface area contributed by atoms with Crippen molar-refractivity contribution in [2.75, 3.05) is 5.73 Å². The molecule has 7 nitrogen and oxygen atoms in total. The number of benzene rings is 2. The standard InChI is InChI=1S/C18H15BrN4O3/c1-21-16(13-3-2-4-15(9-13)23(25)26)10-22(18(21)20)11-17(24)12-5-7-14(19)8-6-12/h2-10,20H,11H2,1H3/p+1. The van der Waals surface area contributed by atoms with E-state index in [0.29, 0.717) is 22.8 Å². The van der Waals surface area contributed by atoms with E-state index in [4.69, 9.17) is 5.73 Å². The van der Waals surface area contributed by atoms with E-state index in [-0.39, 0.29) is 18.0 Å². The fourth-order valence-electron chi connectivity index (χ4n) is 2.67. The number of imidazole rings is 1. The number of nitrogens with two attached hydrogens (primary N) is 1. The first kappa shape index (κ1) is 17.8. The molecule has 0 aliphatic rings. The van der Waals surface area contributed by atoms with Crippen LogP contribution in [0.3, 0.4) is 0 Å². The molecule has 3 aromatic rings. The van der Waals surface area contributed by atoms with Crippen LogP contribution in [0.15, 0.2) is 59.2 Å². The van der Waals surface area contributed by atoms with Crippen molar-refractivity contribution in [2.24, 2.45) is 7.05 Å². The zero-order valence-electron chi connectivity index (χ0n) is 13.9. The summed E-state index contributed by atoms with van der Waals surface area (Å²) in [4.78, 5) is 23.0. The van der Waals surface area contributed by atoms with Gasteiger partial charge >= 0.3 is 5.95 Å². The number of non-ortho nitro benzene ring substituents is 1. The van der Waals surface area contributed by atoms with Crippen LogP contribution in [-0.2, 0) is 13.6 Å². The van der Waals surface area contributed by atoms with E-state index in [0.717, 1.165) is 4.47 Å². The van der Waals surface area contributed by atoms with E-state index in [1.165, 1.54) is 12.1 Å². The van der Waals surface area contributed by atoms with E-state index in [1.54, 1.807) is 58.8 Å². The molecule has 0 saturated heterocycles. The molecule has 3 rings (SSSR count). The van der Waals surface area contributed by atoms with Gasteiger partial charge in [-0.25, -0.2) is 9.13 Å². The van der Waals surface area contributed by atoms with Crippen LogP contribution < -0.4 is 10.3 Å². The van der Waals surface area contributed by atoms with E-state index in [2.05, 4.69) is 15.9 Å². The van der Waals surface area contributed by atoms with Gasteiger partial charge in [-0.3, -0.25) is 20.6 Å². The number of nitro benzene ring substituents is 1. The van der Waals surface area contributed by atoms with Crippen LogP contribution in [0.1, 0.15) is 10.4 Å². The lowest BCUT2D eigenvalue weighted by Gasteiger charge is -2.00. The minimum absolute atomic E-state index is 0.000222. The number of carbonyl (C=O) groups is 1. The molecule has 0 fully saturated rings. The third kappa shape index (κ3) is 3.50. The average molecular weight is 416 g/mol. The largest absolute Gasteiger partial charge is 0.355 e. The van der Waals surface area contributed by atoms with Gasteiger partial charge in [0, 0.05) is 27.7 Å². The van der Waals surface area contributed by atoms with Crippen molar-refractivity contribution >= 4 is 33.3 Å². The fraction of sp³-hybridized carbons (Fsp3) is 0.111. The van der Waals surface area contributed by atoms with Crippen molar-refractivity contribution in [2.45, 2.75) is 6.54 Å². The summed E-state index contributed by atoms with van der Waals surface area (Å²) in [7, 11) is 1.75. The molecule has 132 valence electrons. The Morgan fingerprint density at radius 2 is 1.96 bits per heavy atom. The van der Waals surface area contributed by atoms with Crippen LogP contribution in [0.25, 0.3) is 11.3 Å². The van der Waals surface area contributed by atoms with Crippen LogP contribution >= 0.6 is 15.9 Å². The molecular formula is C18H16BrN4O3+. The third-order valence-electron chi connectivity index (χ3n) is 4.11. The number of Topliss-reactive ketones (excluding diaryl/α,β-unsaturated/α-hetero) is 1. The van der Waals surface area contributed by atoms with Crippen molar-refractivity contribution in [1.82, 2.24) is 4.57 Å². The van der Waals surface area contributed by atoms with Crippen LogP contribution in [0.2, 0.25) is 0 Å². The molecule has 0 atom stereocenters. The number of nitrogen functional groups attached to an aromatic ring is 1. The van der Waals surface area contributed by atoms with Gasteiger partial charge in [0.25, 0.3) is 5.69 Å². The van der Waals surface area contributed by atoms with Crippen molar-refractivity contribution < 1.29 is 14.3 Å². The van der Waals surface area contributed by atoms with Crippen molar-refractivity contribution in [3.05, 3.63) is 74.9 Å². The number of anilines is 1. The maximum Gasteiger partial charge on any atom is 0.355 e. The van der Waals surface area contributed by atoms with Crippen LogP contribution in [-0.4, -0.2) is 15.3 Å². The number of nitrogens with zero attached hydrogens (tertiary/aromatic N) is 3. The van der Waals surface area contributed by atoms with Crippen molar-refractivity contribution in [3.8, 4) is 11.3 Å². The molecule has 0 saturated carbocycles. The number of rotatable bonds is 5. The molecule has 0 radical (unpaired) electrons. The minimum Gasteiger partial charge on any atom is -0.291 e. The number of aromatic nitrogens is 2. The lowest BCUT2D eigenvalue weighted by atomic mass is 10.1. The molecule has 1 aromatic heterocycles. The summed E-state index contributed by atoms with van der Waals surface area (Å²) in [6.07, 6.45) is 1.73.